The number of hydrogen-bond donors (Lipinski definition) is 1. The van der Waals surface area contributed by atoms with Crippen LogP contribution in [0.2, 0.25) is 0 Å². The normalized spacial score (nSPS) is 14.5. The quantitative estimate of drug-likeness (QED) is 0.796. The smallest absolute Gasteiger partial charge is 0.332 e. The van der Waals surface area contributed by atoms with Gasteiger partial charge in [-0.15, -0.1) is 11.3 Å². The fourth-order valence-corrected chi connectivity index (χ4v) is 4.10. The molecule has 134 valence electrons. The summed E-state index contributed by atoms with van der Waals surface area (Å²) in [6.45, 7) is 3.87. The van der Waals surface area contributed by atoms with Crippen LogP contribution in [0.1, 0.15) is 34.1 Å². The molecule has 0 radical (unpaired) electrons. The molecule has 2 aromatic heterocycles. The third-order valence-corrected chi connectivity index (χ3v) is 5.59. The number of thiophene rings is 1. The molecule has 0 aromatic carbocycles. The number of ketones is 1. The van der Waals surface area contributed by atoms with Crippen LogP contribution >= 0.6 is 11.3 Å². The maximum absolute atomic E-state index is 12.8. The number of nitrogens with two attached hydrogens (primary N) is 1. The lowest BCUT2D eigenvalue weighted by Crippen LogP contribution is -2.44. The Bertz CT molecular complexity index is 925. The monoisotopic (exact) mass is 362 g/mol. The van der Waals surface area contributed by atoms with Gasteiger partial charge in [0.1, 0.15) is 11.4 Å². The highest BCUT2D eigenvalue weighted by Gasteiger charge is 2.25. The highest BCUT2D eigenvalue weighted by molar-refractivity contribution is 7.10. The van der Waals surface area contributed by atoms with Gasteiger partial charge in [0.15, 0.2) is 5.78 Å². The zero-order chi connectivity index (χ0) is 18.1. The third kappa shape index (κ3) is 3.19. The maximum Gasteiger partial charge on any atom is 0.332 e. The largest absolute Gasteiger partial charge is 0.384 e. The van der Waals surface area contributed by atoms with Crippen LogP contribution < -0.4 is 17.0 Å². The molecule has 3 heterocycles. The molecule has 0 fully saturated rings. The fourth-order valence-electron chi connectivity index (χ4n) is 3.21. The van der Waals surface area contributed by atoms with Crippen LogP contribution in [0.5, 0.6) is 0 Å². The summed E-state index contributed by atoms with van der Waals surface area (Å²) in [5.74, 6) is -0.352. The molecule has 0 spiro atoms. The Hall–Kier alpha value is -2.19. The zero-order valence-electron chi connectivity index (χ0n) is 14.4. The highest BCUT2D eigenvalue weighted by Crippen LogP contribution is 2.24. The van der Waals surface area contributed by atoms with Crippen LogP contribution in [0, 0.1) is 0 Å². The van der Waals surface area contributed by atoms with Crippen molar-refractivity contribution in [3.63, 3.8) is 0 Å². The molecule has 0 bridgehead atoms. The molecule has 2 N–H and O–H groups in total. The lowest BCUT2D eigenvalue weighted by Gasteiger charge is -2.26. The molecule has 0 aliphatic carbocycles. The third-order valence-electron chi connectivity index (χ3n) is 4.56. The number of Topliss-reactive ketones (excluding diaryl/α,β-unsaturated/α-hetero) is 1. The first kappa shape index (κ1) is 17.6. The SMILES string of the molecule is CCCn1c(N)c(C(=O)CN2CCc3sccc3C2)c(=O)n(C)c1=O. The predicted octanol–water partition coefficient (Wildman–Crippen LogP) is 0.842. The molecule has 25 heavy (non-hydrogen) atoms. The second kappa shape index (κ2) is 6.97. The van der Waals surface area contributed by atoms with Crippen LogP contribution in [-0.2, 0) is 26.6 Å². The van der Waals surface area contributed by atoms with Crippen LogP contribution in [-0.4, -0.2) is 32.9 Å². The molecule has 3 rings (SSSR count). The van der Waals surface area contributed by atoms with Crippen molar-refractivity contribution >= 4 is 22.9 Å². The van der Waals surface area contributed by atoms with Gasteiger partial charge in [-0.25, -0.2) is 4.79 Å². The van der Waals surface area contributed by atoms with Gasteiger partial charge in [0, 0.05) is 31.6 Å². The van der Waals surface area contributed by atoms with E-state index in [4.69, 9.17) is 5.73 Å². The summed E-state index contributed by atoms with van der Waals surface area (Å²) in [6, 6.07) is 2.07. The van der Waals surface area contributed by atoms with Crippen molar-refractivity contribution < 1.29 is 4.79 Å². The standard InChI is InChI=1S/C17H22N4O3S/c1-3-6-21-15(18)14(16(23)19(2)17(21)24)12(22)10-20-7-4-13-11(9-20)5-8-25-13/h5,8H,3-4,6-7,9-10,18H2,1-2H3. The van der Waals surface area contributed by atoms with E-state index in [0.29, 0.717) is 19.5 Å². The molecule has 7 nitrogen and oxygen atoms in total. The first-order valence-corrected chi connectivity index (χ1v) is 9.22. The Morgan fingerprint density at radius 2 is 2.12 bits per heavy atom. The molecule has 1 aliphatic heterocycles. The van der Waals surface area contributed by atoms with E-state index in [1.807, 2.05) is 11.8 Å². The van der Waals surface area contributed by atoms with Gasteiger partial charge in [-0.1, -0.05) is 6.92 Å². The summed E-state index contributed by atoms with van der Waals surface area (Å²) < 4.78 is 2.27. The minimum Gasteiger partial charge on any atom is -0.384 e. The number of hydrogen-bond acceptors (Lipinski definition) is 6. The Labute approximate surface area is 149 Å². The summed E-state index contributed by atoms with van der Waals surface area (Å²) >= 11 is 1.74. The van der Waals surface area contributed by atoms with E-state index in [2.05, 4.69) is 11.4 Å². The number of anilines is 1. The summed E-state index contributed by atoms with van der Waals surface area (Å²) in [5.41, 5.74) is 6.08. The van der Waals surface area contributed by atoms with E-state index in [0.717, 1.165) is 17.5 Å². The Morgan fingerprint density at radius 1 is 1.36 bits per heavy atom. The number of nitrogens with zero attached hydrogens (tertiary/aromatic N) is 3. The number of carbonyl (C=O) groups is 1. The average molecular weight is 362 g/mol. The van der Waals surface area contributed by atoms with E-state index < -0.39 is 11.2 Å². The molecule has 0 unspecified atom stereocenters. The Morgan fingerprint density at radius 3 is 2.84 bits per heavy atom. The second-order valence-electron chi connectivity index (χ2n) is 6.31. The van der Waals surface area contributed by atoms with Crippen molar-refractivity contribution in [1.82, 2.24) is 14.0 Å². The number of fused-ring (bicyclic) bond motifs is 1. The van der Waals surface area contributed by atoms with Gasteiger partial charge in [0.2, 0.25) is 0 Å². The summed E-state index contributed by atoms with van der Waals surface area (Å²) in [5, 5.41) is 2.06. The van der Waals surface area contributed by atoms with Gasteiger partial charge in [0.25, 0.3) is 5.56 Å². The molecule has 0 saturated heterocycles. The van der Waals surface area contributed by atoms with Crippen LogP contribution in [0.3, 0.4) is 0 Å². The van der Waals surface area contributed by atoms with Crippen molar-refractivity contribution in [3.05, 3.63) is 48.3 Å². The van der Waals surface area contributed by atoms with Crippen molar-refractivity contribution in [1.29, 1.82) is 0 Å². The van der Waals surface area contributed by atoms with Crippen molar-refractivity contribution in [3.8, 4) is 0 Å². The second-order valence-corrected chi connectivity index (χ2v) is 7.31. The van der Waals surface area contributed by atoms with Crippen LogP contribution in [0.25, 0.3) is 0 Å². The van der Waals surface area contributed by atoms with Crippen molar-refractivity contribution in [2.75, 3.05) is 18.8 Å². The molecular formula is C17H22N4O3S. The van der Waals surface area contributed by atoms with E-state index >= 15 is 0 Å². The minimum atomic E-state index is -0.618. The lowest BCUT2D eigenvalue weighted by atomic mass is 10.1. The van der Waals surface area contributed by atoms with E-state index in [1.54, 1.807) is 11.3 Å². The summed E-state index contributed by atoms with van der Waals surface area (Å²) in [4.78, 5) is 40.8. The topological polar surface area (TPSA) is 90.3 Å². The molecule has 8 heteroatoms. The van der Waals surface area contributed by atoms with Gasteiger partial charge in [-0.3, -0.25) is 23.6 Å². The van der Waals surface area contributed by atoms with Gasteiger partial charge in [-0.05, 0) is 29.9 Å². The number of aromatic nitrogens is 2. The maximum atomic E-state index is 12.8. The first-order chi connectivity index (χ1) is 11.9. The van der Waals surface area contributed by atoms with E-state index in [1.165, 1.54) is 22.1 Å². The van der Waals surface area contributed by atoms with E-state index in [9.17, 15) is 14.4 Å². The average Bonchev–Trinajstić information content (AvgIpc) is 3.04. The van der Waals surface area contributed by atoms with Gasteiger partial charge >= 0.3 is 5.69 Å². The summed E-state index contributed by atoms with van der Waals surface area (Å²) in [6.07, 6.45) is 1.59. The van der Waals surface area contributed by atoms with Gasteiger partial charge in [-0.2, -0.15) is 0 Å². The van der Waals surface area contributed by atoms with E-state index in [-0.39, 0.29) is 23.7 Å². The molecule has 1 aliphatic rings. The van der Waals surface area contributed by atoms with Gasteiger partial charge < -0.3 is 5.73 Å². The summed E-state index contributed by atoms with van der Waals surface area (Å²) in [7, 11) is 1.38. The Balaban J connectivity index is 1.90. The molecule has 0 amide bonds. The Kier molecular flexibility index (Phi) is 4.91. The highest BCUT2D eigenvalue weighted by atomic mass is 32.1. The van der Waals surface area contributed by atoms with Crippen molar-refractivity contribution in [2.45, 2.75) is 32.9 Å². The van der Waals surface area contributed by atoms with Crippen LogP contribution in [0.4, 0.5) is 5.82 Å². The number of carbonyl (C=O) groups excluding carboxylic acids is 1. The first-order valence-electron chi connectivity index (χ1n) is 8.34. The zero-order valence-corrected chi connectivity index (χ0v) is 15.3. The number of rotatable bonds is 5. The lowest BCUT2D eigenvalue weighted by molar-refractivity contribution is 0.0920. The molecule has 0 saturated carbocycles. The fraction of sp³-hybridized carbons (Fsp3) is 0.471. The molecule has 2 aromatic rings. The van der Waals surface area contributed by atoms with Gasteiger partial charge in [0.05, 0.1) is 6.54 Å². The van der Waals surface area contributed by atoms with Crippen molar-refractivity contribution in [2.24, 2.45) is 7.05 Å². The molecular weight excluding hydrogens is 340 g/mol. The van der Waals surface area contributed by atoms with Crippen LogP contribution in [0.15, 0.2) is 21.0 Å². The predicted molar refractivity (Wildman–Crippen MR) is 98.3 cm³/mol. The minimum absolute atomic E-state index is 0.0202. The number of nitrogen functional groups attached to an aromatic ring is 1. The molecule has 0 atom stereocenters.